The van der Waals surface area contributed by atoms with Crippen LogP contribution in [0.25, 0.3) is 6.08 Å². The average molecular weight is 609 g/mol. The molecule has 1 unspecified atom stereocenters. The van der Waals surface area contributed by atoms with Gasteiger partial charge in [0.25, 0.3) is 0 Å². The molecule has 0 aliphatic rings. The number of ketones is 1. The summed E-state index contributed by atoms with van der Waals surface area (Å²) in [7, 11) is -4.56. The molecule has 2 N–H and O–H groups in total. The molecule has 10 heteroatoms. The van der Waals surface area contributed by atoms with Gasteiger partial charge >= 0.3 is 19.2 Å². The second-order valence-corrected chi connectivity index (χ2v) is 11.6. The lowest BCUT2D eigenvalue weighted by atomic mass is 9.68. The van der Waals surface area contributed by atoms with E-state index in [0.717, 1.165) is 29.8 Å². The highest BCUT2D eigenvalue weighted by atomic mass is 31.2. The van der Waals surface area contributed by atoms with Gasteiger partial charge in [-0.3, -0.25) is 9.36 Å². The van der Waals surface area contributed by atoms with E-state index in [1.165, 1.54) is 43.5 Å². The number of halogens is 3. The first-order chi connectivity index (χ1) is 20.4. The second-order valence-electron chi connectivity index (χ2n) is 9.97. The molecule has 222 valence electrons. The van der Waals surface area contributed by atoms with Crippen molar-refractivity contribution >= 4 is 25.4 Å². The van der Waals surface area contributed by atoms with Crippen LogP contribution in [0, 0.1) is 5.82 Å². The molecule has 1 atom stereocenters. The highest BCUT2D eigenvalue weighted by Crippen LogP contribution is 2.59. The molecule has 0 saturated heterocycles. The number of allylic oxidation sites excluding steroid dienone is 1. The van der Waals surface area contributed by atoms with E-state index in [9.17, 15) is 27.3 Å². The minimum Gasteiger partial charge on any atom is -0.465 e. The summed E-state index contributed by atoms with van der Waals surface area (Å²) in [5.41, 5.74) is -4.66. The van der Waals surface area contributed by atoms with Crippen LogP contribution in [0.4, 0.5) is 13.2 Å². The Morgan fingerprint density at radius 2 is 1.49 bits per heavy atom. The van der Waals surface area contributed by atoms with Crippen molar-refractivity contribution in [3.05, 3.63) is 148 Å². The minimum absolute atomic E-state index is 0.0608. The fourth-order valence-corrected chi connectivity index (χ4v) is 5.32. The Balaban J connectivity index is 1.89. The quantitative estimate of drug-likeness (QED) is 0.105. The highest BCUT2D eigenvalue weighted by molar-refractivity contribution is 7.52. The van der Waals surface area contributed by atoms with Gasteiger partial charge in [0.2, 0.25) is 0 Å². The number of hydrogen-bond donors (Lipinski definition) is 2. The Hall–Kier alpha value is -4.30. The van der Waals surface area contributed by atoms with E-state index >= 15 is 0 Å². The monoisotopic (exact) mass is 608 g/mol. The summed E-state index contributed by atoms with van der Waals surface area (Å²) in [5, 5.41) is 0. The molecule has 4 aromatic rings. The van der Waals surface area contributed by atoms with Crippen molar-refractivity contribution in [1.29, 1.82) is 0 Å². The van der Waals surface area contributed by atoms with E-state index in [2.05, 4.69) is 0 Å². The number of carbonyl (C=O) groups excluding carboxylic acids is 2. The minimum atomic E-state index is -5.79. The smallest absolute Gasteiger partial charge is 0.399 e. The van der Waals surface area contributed by atoms with Gasteiger partial charge in [-0.05, 0) is 65.9 Å². The molecule has 4 rings (SSSR count). The zero-order chi connectivity index (χ0) is 31.3. The Kier molecular flexibility index (Phi) is 9.50. The van der Waals surface area contributed by atoms with Crippen LogP contribution in [-0.4, -0.2) is 28.6 Å². The third-order valence-corrected chi connectivity index (χ3v) is 8.12. The van der Waals surface area contributed by atoms with Gasteiger partial charge in [-0.1, -0.05) is 78.9 Å². The van der Waals surface area contributed by atoms with Crippen LogP contribution in [0.1, 0.15) is 49.4 Å². The van der Waals surface area contributed by atoms with E-state index in [1.54, 1.807) is 18.2 Å². The van der Waals surface area contributed by atoms with Gasteiger partial charge in [0.15, 0.2) is 5.78 Å². The number of Topliss-reactive ketones (excluding diaryl/α,β-unsaturated/α-hetero) is 1. The number of hydrogen-bond acceptors (Lipinski definition) is 4. The summed E-state index contributed by atoms with van der Waals surface area (Å²) < 4.78 is 58.8. The molecule has 0 aliphatic carbocycles. The van der Waals surface area contributed by atoms with Gasteiger partial charge in [0, 0.05) is 11.1 Å². The van der Waals surface area contributed by atoms with Crippen molar-refractivity contribution in [2.24, 2.45) is 0 Å². The standard InChI is InChI=1S/C33H28F3O6P/c1-42-31(38)26-10-5-11-28(21-26)32(20-6-9-23-7-3-2-4-8-23,30(37)25-14-18-29(34)19-15-25)22-24-12-16-27(17-13-24)33(35,36)43(39,40)41/h2-19,21H,20,22H2,1H3,(H2,39,40,41)/b9-6+. The topological polar surface area (TPSA) is 101 Å². The highest BCUT2D eigenvalue weighted by Gasteiger charge is 2.50. The molecule has 43 heavy (non-hydrogen) atoms. The van der Waals surface area contributed by atoms with Crippen molar-refractivity contribution in [3.8, 4) is 0 Å². The van der Waals surface area contributed by atoms with Crippen molar-refractivity contribution in [2.45, 2.75) is 23.9 Å². The third-order valence-electron chi connectivity index (χ3n) is 7.13. The number of rotatable bonds is 11. The number of alkyl halides is 2. The summed E-state index contributed by atoms with van der Waals surface area (Å²) in [5.74, 6) is -1.59. The van der Waals surface area contributed by atoms with E-state index in [0.29, 0.717) is 11.1 Å². The molecular formula is C33H28F3O6P. The van der Waals surface area contributed by atoms with Crippen LogP contribution in [-0.2, 0) is 26.8 Å². The maximum atomic E-state index is 14.4. The molecule has 4 aromatic carbocycles. The summed E-state index contributed by atoms with van der Waals surface area (Å²) >= 11 is 0. The zero-order valence-electron chi connectivity index (χ0n) is 23.0. The zero-order valence-corrected chi connectivity index (χ0v) is 23.9. The molecule has 0 heterocycles. The van der Waals surface area contributed by atoms with Gasteiger partial charge < -0.3 is 14.5 Å². The first-order valence-corrected chi connectivity index (χ1v) is 14.7. The van der Waals surface area contributed by atoms with Gasteiger partial charge in [-0.2, -0.15) is 8.78 Å². The van der Waals surface area contributed by atoms with Crippen LogP contribution in [0.2, 0.25) is 0 Å². The normalized spacial score (nSPS) is 13.4. The summed E-state index contributed by atoms with van der Waals surface area (Å²) in [6.07, 6.45) is 3.64. The molecular weight excluding hydrogens is 580 g/mol. The molecule has 0 radical (unpaired) electrons. The number of ether oxygens (including phenoxy) is 1. The first kappa shape index (κ1) is 31.6. The largest absolute Gasteiger partial charge is 0.465 e. The van der Waals surface area contributed by atoms with E-state index in [4.69, 9.17) is 14.5 Å². The number of methoxy groups -OCH3 is 1. The van der Waals surface area contributed by atoms with E-state index < -0.39 is 41.8 Å². The number of esters is 1. The lowest BCUT2D eigenvalue weighted by Crippen LogP contribution is -2.38. The lowest BCUT2D eigenvalue weighted by molar-refractivity contribution is 0.0564. The molecule has 0 fully saturated rings. The SMILES string of the molecule is COC(=O)c1cccc(C(C/C=C/c2ccccc2)(Cc2ccc(C(F)(F)P(=O)(O)O)cc2)C(=O)c2ccc(F)cc2)c1. The second kappa shape index (κ2) is 12.9. The fourth-order valence-electron chi connectivity index (χ4n) is 4.84. The molecule has 0 spiro atoms. The molecule has 0 aliphatic heterocycles. The van der Waals surface area contributed by atoms with Crippen molar-refractivity contribution in [3.63, 3.8) is 0 Å². The molecule has 6 nitrogen and oxygen atoms in total. The van der Waals surface area contributed by atoms with Gasteiger partial charge in [-0.15, -0.1) is 0 Å². The Bertz CT molecular complexity index is 1670. The van der Waals surface area contributed by atoms with Gasteiger partial charge in [-0.25, -0.2) is 9.18 Å². The van der Waals surface area contributed by atoms with Crippen molar-refractivity contribution in [1.82, 2.24) is 0 Å². The van der Waals surface area contributed by atoms with Gasteiger partial charge in [0.05, 0.1) is 18.1 Å². The Morgan fingerprint density at radius 3 is 2.09 bits per heavy atom. The Morgan fingerprint density at radius 1 is 0.837 bits per heavy atom. The van der Waals surface area contributed by atoms with Crippen LogP contribution < -0.4 is 0 Å². The number of carbonyl (C=O) groups is 2. The lowest BCUT2D eigenvalue weighted by Gasteiger charge is -2.33. The third kappa shape index (κ3) is 7.03. The van der Waals surface area contributed by atoms with Crippen LogP contribution >= 0.6 is 7.60 Å². The maximum Gasteiger partial charge on any atom is 0.399 e. The fraction of sp³-hybridized carbons (Fsp3) is 0.152. The number of benzene rings is 4. The molecule has 0 bridgehead atoms. The summed E-state index contributed by atoms with van der Waals surface area (Å²) in [6, 6.07) is 25.0. The predicted octanol–water partition coefficient (Wildman–Crippen LogP) is 7.31. The summed E-state index contributed by atoms with van der Waals surface area (Å²) in [6.45, 7) is 0. The predicted molar refractivity (Wildman–Crippen MR) is 156 cm³/mol. The Labute approximate surface area is 246 Å². The van der Waals surface area contributed by atoms with Crippen LogP contribution in [0.15, 0.2) is 109 Å². The summed E-state index contributed by atoms with van der Waals surface area (Å²) in [4.78, 5) is 45.2. The van der Waals surface area contributed by atoms with Crippen molar-refractivity contribution < 1.29 is 41.8 Å². The average Bonchev–Trinajstić information content (AvgIpc) is 3.00. The van der Waals surface area contributed by atoms with E-state index in [1.807, 2.05) is 36.4 Å². The van der Waals surface area contributed by atoms with Crippen LogP contribution in [0.3, 0.4) is 0 Å². The first-order valence-electron chi connectivity index (χ1n) is 13.1. The molecule has 0 saturated carbocycles. The van der Waals surface area contributed by atoms with Crippen LogP contribution in [0.5, 0.6) is 0 Å². The van der Waals surface area contributed by atoms with Crippen molar-refractivity contribution in [2.75, 3.05) is 7.11 Å². The molecule has 0 aromatic heterocycles. The van der Waals surface area contributed by atoms with E-state index in [-0.39, 0.29) is 24.0 Å². The molecule has 0 amide bonds. The van der Waals surface area contributed by atoms with Gasteiger partial charge in [0.1, 0.15) is 5.82 Å². The maximum absolute atomic E-state index is 14.4.